The average molecular weight is 385 g/mol. The number of nitrogens with one attached hydrogen (secondary N) is 1. The molecule has 5 heteroatoms. The summed E-state index contributed by atoms with van der Waals surface area (Å²) in [6.45, 7) is 2.73. The van der Waals surface area contributed by atoms with Crippen molar-refractivity contribution in [1.82, 2.24) is 14.9 Å². The summed E-state index contributed by atoms with van der Waals surface area (Å²) in [5.41, 5.74) is 5.57. The first-order chi connectivity index (χ1) is 14.1. The van der Waals surface area contributed by atoms with E-state index in [0.717, 1.165) is 33.7 Å². The molecule has 1 heterocycles. The summed E-state index contributed by atoms with van der Waals surface area (Å²) in [5.74, 6) is 1.48. The van der Waals surface area contributed by atoms with Gasteiger partial charge in [0.1, 0.15) is 11.6 Å². The van der Waals surface area contributed by atoms with Crippen LogP contribution in [0.5, 0.6) is 5.75 Å². The fourth-order valence-corrected chi connectivity index (χ4v) is 3.63. The van der Waals surface area contributed by atoms with Crippen LogP contribution in [0.25, 0.3) is 22.4 Å². The molecule has 0 bridgehead atoms. The number of carbonyl (C=O) groups excluding carboxylic acids is 1. The van der Waals surface area contributed by atoms with Crippen molar-refractivity contribution >= 4 is 16.9 Å². The Morgan fingerprint density at radius 1 is 1.07 bits per heavy atom. The van der Waals surface area contributed by atoms with E-state index in [1.165, 1.54) is 5.56 Å². The van der Waals surface area contributed by atoms with Gasteiger partial charge in [-0.3, -0.25) is 4.79 Å². The maximum absolute atomic E-state index is 12.1. The first kappa shape index (κ1) is 18.7. The van der Waals surface area contributed by atoms with Crippen LogP contribution in [0.2, 0.25) is 0 Å². The van der Waals surface area contributed by atoms with Gasteiger partial charge in [0.25, 0.3) is 5.91 Å². The minimum atomic E-state index is -0.125. The highest BCUT2D eigenvalue weighted by atomic mass is 16.5. The molecule has 0 saturated heterocycles. The Kier molecular flexibility index (Phi) is 5.04. The lowest BCUT2D eigenvalue weighted by atomic mass is 10.1. The normalized spacial score (nSPS) is 10.9. The molecular weight excluding hydrogens is 362 g/mol. The van der Waals surface area contributed by atoms with Crippen LogP contribution in [0.3, 0.4) is 0 Å². The van der Waals surface area contributed by atoms with E-state index in [-0.39, 0.29) is 5.91 Å². The molecule has 146 valence electrons. The van der Waals surface area contributed by atoms with Gasteiger partial charge in [-0.15, -0.1) is 0 Å². The molecule has 0 aliphatic rings. The van der Waals surface area contributed by atoms with E-state index in [1.54, 1.807) is 14.2 Å². The zero-order valence-corrected chi connectivity index (χ0v) is 16.8. The monoisotopic (exact) mass is 385 g/mol. The number of fused-ring (bicyclic) bond motifs is 1. The number of aryl methyl sites for hydroxylation is 1. The summed E-state index contributed by atoms with van der Waals surface area (Å²) < 4.78 is 7.83. The zero-order chi connectivity index (χ0) is 20.4. The number of nitrogens with zero attached hydrogens (tertiary/aromatic N) is 2. The van der Waals surface area contributed by atoms with Crippen LogP contribution in [0.15, 0.2) is 66.7 Å². The summed E-state index contributed by atoms with van der Waals surface area (Å²) in [6, 6.07) is 21.9. The Labute approximate surface area is 170 Å². The fraction of sp³-hybridized carbons (Fsp3) is 0.167. The van der Waals surface area contributed by atoms with Gasteiger partial charge in [-0.25, -0.2) is 4.98 Å². The Balaban J connectivity index is 1.97. The van der Waals surface area contributed by atoms with E-state index in [1.807, 2.05) is 48.5 Å². The van der Waals surface area contributed by atoms with Gasteiger partial charge in [0.05, 0.1) is 23.7 Å². The molecule has 0 saturated carbocycles. The summed E-state index contributed by atoms with van der Waals surface area (Å²) in [4.78, 5) is 17.0. The minimum Gasteiger partial charge on any atom is -0.496 e. The minimum absolute atomic E-state index is 0.125. The predicted octanol–water partition coefficient (Wildman–Crippen LogP) is 4.43. The van der Waals surface area contributed by atoms with Gasteiger partial charge in [-0.1, -0.05) is 42.5 Å². The van der Waals surface area contributed by atoms with Crippen molar-refractivity contribution in [2.45, 2.75) is 13.5 Å². The summed E-state index contributed by atoms with van der Waals surface area (Å²) in [7, 11) is 3.30. The largest absolute Gasteiger partial charge is 0.496 e. The van der Waals surface area contributed by atoms with Crippen LogP contribution in [0, 0.1) is 6.92 Å². The molecule has 4 rings (SSSR count). The maximum Gasteiger partial charge on any atom is 0.251 e. The molecule has 0 aliphatic heterocycles. The third-order valence-electron chi connectivity index (χ3n) is 5.10. The van der Waals surface area contributed by atoms with E-state index < -0.39 is 0 Å². The molecule has 0 atom stereocenters. The SMILES string of the molecule is CNC(=O)c1ccc2c(c1)nc(-c1c(C)cccc1OC)n2Cc1ccccc1. The lowest BCUT2D eigenvalue weighted by molar-refractivity contribution is 0.0963. The van der Waals surface area contributed by atoms with Crippen molar-refractivity contribution < 1.29 is 9.53 Å². The second-order valence-electron chi connectivity index (χ2n) is 6.94. The number of aromatic nitrogens is 2. The molecule has 4 aromatic rings. The summed E-state index contributed by atoms with van der Waals surface area (Å²) >= 11 is 0. The van der Waals surface area contributed by atoms with Gasteiger partial charge in [-0.05, 0) is 42.3 Å². The molecule has 1 amide bonds. The Morgan fingerprint density at radius 3 is 2.59 bits per heavy atom. The summed E-state index contributed by atoms with van der Waals surface area (Å²) in [5, 5.41) is 2.67. The highest BCUT2D eigenvalue weighted by molar-refractivity contribution is 5.97. The van der Waals surface area contributed by atoms with Crippen LogP contribution in [-0.4, -0.2) is 29.6 Å². The first-order valence-electron chi connectivity index (χ1n) is 9.52. The molecule has 0 spiro atoms. The molecule has 1 N–H and O–H groups in total. The number of ether oxygens (including phenoxy) is 1. The number of amides is 1. The number of rotatable bonds is 5. The van der Waals surface area contributed by atoms with Crippen molar-refractivity contribution in [1.29, 1.82) is 0 Å². The molecule has 3 aromatic carbocycles. The van der Waals surface area contributed by atoms with Gasteiger partial charge < -0.3 is 14.6 Å². The molecular formula is C24H23N3O2. The maximum atomic E-state index is 12.1. The molecule has 0 unspecified atom stereocenters. The second kappa shape index (κ2) is 7.80. The van der Waals surface area contributed by atoms with E-state index >= 15 is 0 Å². The van der Waals surface area contributed by atoms with Crippen molar-refractivity contribution in [2.24, 2.45) is 0 Å². The standard InChI is InChI=1S/C24H23N3O2/c1-16-8-7-11-21(29-3)22(16)23-26-19-14-18(24(28)25-2)12-13-20(19)27(23)15-17-9-5-4-6-10-17/h4-14H,15H2,1-3H3,(H,25,28). The molecule has 1 aromatic heterocycles. The van der Waals surface area contributed by atoms with Gasteiger partial charge >= 0.3 is 0 Å². The number of benzene rings is 3. The number of hydrogen-bond donors (Lipinski definition) is 1. The van der Waals surface area contributed by atoms with Crippen molar-refractivity contribution in [2.75, 3.05) is 14.2 Å². The number of carbonyl (C=O) groups is 1. The zero-order valence-electron chi connectivity index (χ0n) is 16.8. The third kappa shape index (κ3) is 3.47. The van der Waals surface area contributed by atoms with Crippen LogP contribution in [0.4, 0.5) is 0 Å². The lowest BCUT2D eigenvalue weighted by Gasteiger charge is -2.14. The van der Waals surface area contributed by atoms with Gasteiger partial charge in [-0.2, -0.15) is 0 Å². The lowest BCUT2D eigenvalue weighted by Crippen LogP contribution is -2.17. The van der Waals surface area contributed by atoms with E-state index in [9.17, 15) is 4.79 Å². The Bertz CT molecular complexity index is 1180. The highest BCUT2D eigenvalue weighted by Gasteiger charge is 2.19. The smallest absolute Gasteiger partial charge is 0.251 e. The predicted molar refractivity (Wildman–Crippen MR) is 115 cm³/mol. The van der Waals surface area contributed by atoms with Gasteiger partial charge in [0, 0.05) is 19.2 Å². The topological polar surface area (TPSA) is 56.1 Å². The Morgan fingerprint density at radius 2 is 1.86 bits per heavy atom. The molecule has 0 fully saturated rings. The quantitative estimate of drug-likeness (QED) is 0.553. The van der Waals surface area contributed by atoms with Gasteiger partial charge in [0.15, 0.2) is 0 Å². The fourth-order valence-electron chi connectivity index (χ4n) is 3.63. The number of hydrogen-bond acceptors (Lipinski definition) is 3. The molecule has 5 nitrogen and oxygen atoms in total. The number of methoxy groups -OCH3 is 1. The Hall–Kier alpha value is -3.60. The molecule has 0 aliphatic carbocycles. The van der Waals surface area contributed by atoms with Crippen LogP contribution >= 0.6 is 0 Å². The van der Waals surface area contributed by atoms with Crippen LogP contribution in [0.1, 0.15) is 21.5 Å². The summed E-state index contributed by atoms with van der Waals surface area (Å²) in [6.07, 6.45) is 0. The first-order valence-corrected chi connectivity index (χ1v) is 9.52. The third-order valence-corrected chi connectivity index (χ3v) is 5.10. The van der Waals surface area contributed by atoms with Crippen molar-refractivity contribution in [3.8, 4) is 17.1 Å². The second-order valence-corrected chi connectivity index (χ2v) is 6.94. The van der Waals surface area contributed by atoms with Gasteiger partial charge in [0.2, 0.25) is 0 Å². The van der Waals surface area contributed by atoms with Crippen molar-refractivity contribution in [3.05, 3.63) is 83.4 Å². The molecule has 0 radical (unpaired) electrons. The van der Waals surface area contributed by atoms with E-state index in [2.05, 4.69) is 35.0 Å². The van der Waals surface area contributed by atoms with Crippen LogP contribution in [-0.2, 0) is 6.54 Å². The van der Waals surface area contributed by atoms with Crippen LogP contribution < -0.4 is 10.1 Å². The molecule has 29 heavy (non-hydrogen) atoms. The van der Waals surface area contributed by atoms with E-state index in [0.29, 0.717) is 12.1 Å². The average Bonchev–Trinajstić information content (AvgIpc) is 3.10. The van der Waals surface area contributed by atoms with Crippen molar-refractivity contribution in [3.63, 3.8) is 0 Å². The highest BCUT2D eigenvalue weighted by Crippen LogP contribution is 2.35. The number of imidazole rings is 1. The van der Waals surface area contributed by atoms with E-state index in [4.69, 9.17) is 9.72 Å².